The smallest absolute Gasteiger partial charge is 0.223 e. The van der Waals surface area contributed by atoms with Crippen molar-refractivity contribution < 1.29 is 16.8 Å². The van der Waals surface area contributed by atoms with Gasteiger partial charge in [0, 0.05) is 5.39 Å². The molecule has 0 amide bonds. The van der Waals surface area contributed by atoms with E-state index in [-0.39, 0.29) is 10.4 Å². The van der Waals surface area contributed by atoms with Gasteiger partial charge >= 0.3 is 0 Å². The zero-order valence-electron chi connectivity index (χ0n) is 13.1. The number of aryl methyl sites for hydroxylation is 2. The second-order valence-corrected chi connectivity index (χ2v) is 8.97. The summed E-state index contributed by atoms with van der Waals surface area (Å²) in [7, 11) is -8.34. The van der Waals surface area contributed by atoms with Gasteiger partial charge in [0.15, 0.2) is 5.03 Å². The Labute approximate surface area is 140 Å². The highest BCUT2D eigenvalue weighted by molar-refractivity contribution is 7.92. The maximum absolute atomic E-state index is 13.0. The van der Waals surface area contributed by atoms with Gasteiger partial charge in [-0.25, -0.2) is 25.9 Å². The van der Waals surface area contributed by atoms with E-state index >= 15 is 0 Å². The standard InChI is InChI=1S/C16H16N2O4S2/c1-11-4-7-14(8-5-11)24(21,22)18-15-9-12(2)3-6-13(15)10-16(18)23(17,19)20/h3-10H,1-2H3,(H2,17,19,20). The van der Waals surface area contributed by atoms with Gasteiger partial charge in [-0.05, 0) is 43.7 Å². The lowest BCUT2D eigenvalue weighted by Gasteiger charge is -2.11. The number of rotatable bonds is 3. The third-order valence-corrected chi connectivity index (χ3v) is 6.48. The molecular weight excluding hydrogens is 348 g/mol. The molecule has 0 unspecified atom stereocenters. The lowest BCUT2D eigenvalue weighted by Crippen LogP contribution is -2.22. The Morgan fingerprint density at radius 2 is 1.42 bits per heavy atom. The third-order valence-electron chi connectivity index (χ3n) is 3.73. The van der Waals surface area contributed by atoms with Crippen LogP contribution in [0.2, 0.25) is 0 Å². The zero-order chi connectivity index (χ0) is 17.7. The molecule has 1 aromatic heterocycles. The Morgan fingerprint density at radius 1 is 0.833 bits per heavy atom. The minimum absolute atomic E-state index is 0.00277. The molecule has 0 spiro atoms. The molecular formula is C16H16N2O4S2. The van der Waals surface area contributed by atoms with E-state index in [0.29, 0.717) is 5.39 Å². The highest BCUT2D eigenvalue weighted by Crippen LogP contribution is 2.28. The zero-order valence-corrected chi connectivity index (χ0v) is 14.7. The van der Waals surface area contributed by atoms with Gasteiger partial charge in [0.25, 0.3) is 20.0 Å². The van der Waals surface area contributed by atoms with Gasteiger partial charge in [-0.1, -0.05) is 29.8 Å². The first-order valence-corrected chi connectivity index (χ1v) is 10.1. The van der Waals surface area contributed by atoms with Crippen LogP contribution in [0.15, 0.2) is 58.5 Å². The summed E-state index contributed by atoms with van der Waals surface area (Å²) in [6, 6.07) is 12.5. The molecule has 8 heteroatoms. The van der Waals surface area contributed by atoms with Crippen molar-refractivity contribution in [3.63, 3.8) is 0 Å². The summed E-state index contributed by atoms with van der Waals surface area (Å²) in [5.41, 5.74) is 1.98. The van der Waals surface area contributed by atoms with Crippen molar-refractivity contribution in [2.75, 3.05) is 0 Å². The fourth-order valence-corrected chi connectivity index (χ4v) is 5.15. The average Bonchev–Trinajstić information content (AvgIpc) is 2.87. The first kappa shape index (κ1) is 16.7. The Bertz CT molecular complexity index is 1140. The van der Waals surface area contributed by atoms with Gasteiger partial charge in [0.05, 0.1) is 10.4 Å². The number of aromatic nitrogens is 1. The molecule has 0 aliphatic heterocycles. The number of fused-ring (bicyclic) bond motifs is 1. The molecule has 126 valence electrons. The van der Waals surface area contributed by atoms with E-state index in [1.165, 1.54) is 18.2 Å². The van der Waals surface area contributed by atoms with Crippen molar-refractivity contribution in [3.05, 3.63) is 59.7 Å². The molecule has 0 fully saturated rings. The van der Waals surface area contributed by atoms with Gasteiger partial charge in [0.1, 0.15) is 0 Å². The monoisotopic (exact) mass is 364 g/mol. The van der Waals surface area contributed by atoms with Gasteiger partial charge < -0.3 is 0 Å². The van der Waals surface area contributed by atoms with Crippen LogP contribution in [-0.4, -0.2) is 20.8 Å². The molecule has 1 heterocycles. The van der Waals surface area contributed by atoms with Crippen LogP contribution in [0.3, 0.4) is 0 Å². The summed E-state index contributed by atoms with van der Waals surface area (Å²) in [4.78, 5) is -0.00277. The second-order valence-electron chi connectivity index (χ2n) is 5.67. The Hall–Kier alpha value is -2.16. The number of primary sulfonamides is 1. The number of benzene rings is 2. The minimum atomic E-state index is -4.22. The number of sulfonamides is 1. The number of nitrogens with two attached hydrogens (primary N) is 1. The van der Waals surface area contributed by atoms with Crippen LogP contribution in [-0.2, 0) is 20.0 Å². The number of hydrogen-bond acceptors (Lipinski definition) is 4. The molecule has 24 heavy (non-hydrogen) atoms. The number of hydrogen-bond donors (Lipinski definition) is 1. The van der Waals surface area contributed by atoms with Gasteiger partial charge in [-0.2, -0.15) is 0 Å². The third kappa shape index (κ3) is 2.72. The van der Waals surface area contributed by atoms with Crippen LogP contribution < -0.4 is 5.14 Å². The summed E-state index contributed by atoms with van der Waals surface area (Å²) in [6.45, 7) is 3.63. The summed E-state index contributed by atoms with van der Waals surface area (Å²) < 4.78 is 50.8. The van der Waals surface area contributed by atoms with E-state index in [1.54, 1.807) is 37.3 Å². The molecule has 3 aromatic rings. The Morgan fingerprint density at radius 3 is 2.00 bits per heavy atom. The van der Waals surface area contributed by atoms with Crippen LogP contribution in [0.1, 0.15) is 11.1 Å². The molecule has 0 bridgehead atoms. The van der Waals surface area contributed by atoms with Crippen LogP contribution in [0.25, 0.3) is 10.9 Å². The lowest BCUT2D eigenvalue weighted by atomic mass is 10.2. The molecule has 0 saturated heterocycles. The first-order chi connectivity index (χ1) is 11.1. The summed E-state index contributed by atoms with van der Waals surface area (Å²) in [5.74, 6) is 0. The quantitative estimate of drug-likeness (QED) is 0.769. The van der Waals surface area contributed by atoms with Crippen LogP contribution in [0.4, 0.5) is 0 Å². The maximum Gasteiger partial charge on any atom is 0.269 e. The van der Waals surface area contributed by atoms with E-state index in [4.69, 9.17) is 5.14 Å². The van der Waals surface area contributed by atoms with E-state index in [2.05, 4.69) is 0 Å². The molecule has 0 radical (unpaired) electrons. The Kier molecular flexibility index (Phi) is 3.78. The van der Waals surface area contributed by atoms with Crippen molar-refractivity contribution in [1.82, 2.24) is 3.97 Å². The van der Waals surface area contributed by atoms with E-state index < -0.39 is 25.1 Å². The predicted octanol–water partition coefficient (Wildman–Crippen LogP) is 2.14. The minimum Gasteiger partial charge on any atom is -0.223 e. The van der Waals surface area contributed by atoms with Crippen LogP contribution in [0, 0.1) is 13.8 Å². The van der Waals surface area contributed by atoms with Crippen molar-refractivity contribution >= 4 is 30.9 Å². The molecule has 6 nitrogen and oxygen atoms in total. The SMILES string of the molecule is Cc1ccc(S(=O)(=O)n2c(S(N)(=O)=O)cc3ccc(C)cc32)cc1. The topological polar surface area (TPSA) is 99.2 Å². The molecule has 2 N–H and O–H groups in total. The maximum atomic E-state index is 13.0. The van der Waals surface area contributed by atoms with Crippen molar-refractivity contribution in [2.24, 2.45) is 5.14 Å². The van der Waals surface area contributed by atoms with Gasteiger partial charge in [0.2, 0.25) is 0 Å². The molecule has 0 aliphatic rings. The summed E-state index contributed by atoms with van der Waals surface area (Å²) in [6.07, 6.45) is 0. The predicted molar refractivity (Wildman–Crippen MR) is 91.8 cm³/mol. The van der Waals surface area contributed by atoms with Gasteiger partial charge in [-0.3, -0.25) is 0 Å². The Balaban J connectivity index is 2.43. The molecule has 0 saturated carbocycles. The highest BCUT2D eigenvalue weighted by Gasteiger charge is 2.27. The number of nitrogens with zero attached hydrogens (tertiary/aromatic N) is 1. The molecule has 0 atom stereocenters. The molecule has 3 rings (SSSR count). The molecule has 2 aromatic carbocycles. The van der Waals surface area contributed by atoms with E-state index in [9.17, 15) is 16.8 Å². The van der Waals surface area contributed by atoms with Crippen molar-refractivity contribution in [3.8, 4) is 0 Å². The fourth-order valence-electron chi connectivity index (χ4n) is 2.52. The highest BCUT2D eigenvalue weighted by atomic mass is 32.2. The average molecular weight is 364 g/mol. The first-order valence-electron chi connectivity index (χ1n) is 7.08. The fraction of sp³-hybridized carbons (Fsp3) is 0.125. The largest absolute Gasteiger partial charge is 0.269 e. The van der Waals surface area contributed by atoms with Crippen LogP contribution >= 0.6 is 0 Å². The normalized spacial score (nSPS) is 12.6. The van der Waals surface area contributed by atoms with Gasteiger partial charge in [-0.15, -0.1) is 0 Å². The van der Waals surface area contributed by atoms with Crippen molar-refractivity contribution in [1.29, 1.82) is 0 Å². The molecule has 0 aliphatic carbocycles. The van der Waals surface area contributed by atoms with E-state index in [1.807, 2.05) is 6.92 Å². The summed E-state index contributed by atoms with van der Waals surface area (Å²) in [5, 5.41) is 5.28. The second kappa shape index (κ2) is 5.44. The van der Waals surface area contributed by atoms with Crippen LogP contribution in [0.5, 0.6) is 0 Å². The van der Waals surface area contributed by atoms with E-state index in [0.717, 1.165) is 15.1 Å². The summed E-state index contributed by atoms with van der Waals surface area (Å²) >= 11 is 0. The van der Waals surface area contributed by atoms with Crippen molar-refractivity contribution in [2.45, 2.75) is 23.8 Å². The lowest BCUT2D eigenvalue weighted by molar-refractivity contribution is 0.574.